The number of aliphatic hydroxyl groups excluding tert-OH is 1. The summed E-state index contributed by atoms with van der Waals surface area (Å²) in [5.74, 6) is 0.765. The molecule has 4 heteroatoms. The van der Waals surface area contributed by atoms with Crippen molar-refractivity contribution in [3.05, 3.63) is 23.9 Å². The van der Waals surface area contributed by atoms with E-state index in [-0.39, 0.29) is 6.61 Å². The van der Waals surface area contributed by atoms with Gasteiger partial charge in [-0.1, -0.05) is 13.3 Å². The van der Waals surface area contributed by atoms with Gasteiger partial charge in [0.05, 0.1) is 18.2 Å². The van der Waals surface area contributed by atoms with E-state index in [2.05, 4.69) is 18.0 Å². The van der Waals surface area contributed by atoms with Crippen LogP contribution >= 0.6 is 0 Å². The minimum atomic E-state index is 0.0994. The van der Waals surface area contributed by atoms with Crippen LogP contribution in [0.25, 0.3) is 0 Å². The van der Waals surface area contributed by atoms with E-state index in [1.165, 1.54) is 0 Å². The molecule has 1 rings (SSSR count). The van der Waals surface area contributed by atoms with Gasteiger partial charge in [0.15, 0.2) is 0 Å². The molecule has 0 unspecified atom stereocenters. The van der Waals surface area contributed by atoms with Gasteiger partial charge >= 0.3 is 0 Å². The zero-order valence-corrected chi connectivity index (χ0v) is 9.56. The van der Waals surface area contributed by atoms with Gasteiger partial charge in [-0.2, -0.15) is 5.26 Å². The van der Waals surface area contributed by atoms with E-state index in [0.717, 1.165) is 25.2 Å². The van der Waals surface area contributed by atoms with Gasteiger partial charge < -0.3 is 10.0 Å². The van der Waals surface area contributed by atoms with Crippen molar-refractivity contribution in [2.45, 2.75) is 19.8 Å². The average molecular weight is 219 g/mol. The second kappa shape index (κ2) is 6.81. The number of anilines is 1. The highest BCUT2D eigenvalue weighted by atomic mass is 16.3. The van der Waals surface area contributed by atoms with Crippen LogP contribution in [0.1, 0.15) is 25.3 Å². The van der Waals surface area contributed by atoms with Gasteiger partial charge in [0.2, 0.25) is 0 Å². The maximum absolute atomic E-state index is 8.99. The molecule has 0 saturated heterocycles. The van der Waals surface area contributed by atoms with Gasteiger partial charge in [0.25, 0.3) is 0 Å². The number of rotatable bonds is 6. The molecule has 0 radical (unpaired) electrons. The van der Waals surface area contributed by atoms with E-state index >= 15 is 0 Å². The fraction of sp³-hybridized carbons (Fsp3) is 0.500. The van der Waals surface area contributed by atoms with Gasteiger partial charge in [0.1, 0.15) is 5.82 Å². The lowest BCUT2D eigenvalue weighted by atomic mass is 10.2. The molecular formula is C12H17N3O. The molecule has 0 bridgehead atoms. The smallest absolute Gasteiger partial charge is 0.129 e. The van der Waals surface area contributed by atoms with Crippen molar-refractivity contribution in [3.8, 4) is 6.07 Å². The molecule has 16 heavy (non-hydrogen) atoms. The van der Waals surface area contributed by atoms with Crippen LogP contribution in [0.2, 0.25) is 0 Å². The molecule has 1 aromatic heterocycles. The Morgan fingerprint density at radius 2 is 2.31 bits per heavy atom. The predicted molar refractivity (Wildman–Crippen MR) is 63.2 cm³/mol. The van der Waals surface area contributed by atoms with Gasteiger partial charge in [0, 0.05) is 19.3 Å². The number of hydrogen-bond donors (Lipinski definition) is 1. The summed E-state index contributed by atoms with van der Waals surface area (Å²) in [4.78, 5) is 6.23. The molecule has 0 atom stereocenters. The number of unbranched alkanes of at least 4 members (excludes halogenated alkanes) is 1. The molecule has 0 aliphatic rings. The maximum Gasteiger partial charge on any atom is 0.129 e. The van der Waals surface area contributed by atoms with E-state index in [4.69, 9.17) is 10.4 Å². The summed E-state index contributed by atoms with van der Waals surface area (Å²) < 4.78 is 0. The highest BCUT2D eigenvalue weighted by molar-refractivity contribution is 5.44. The summed E-state index contributed by atoms with van der Waals surface area (Å²) in [6.45, 7) is 3.64. The van der Waals surface area contributed by atoms with Crippen LogP contribution < -0.4 is 4.90 Å². The molecule has 4 nitrogen and oxygen atoms in total. The summed E-state index contributed by atoms with van der Waals surface area (Å²) in [6, 6.07) is 5.53. The van der Waals surface area contributed by atoms with E-state index in [0.29, 0.717) is 12.1 Å². The Balaban J connectivity index is 2.79. The molecule has 0 aliphatic carbocycles. The van der Waals surface area contributed by atoms with Gasteiger partial charge in [-0.15, -0.1) is 0 Å². The fourth-order valence-corrected chi connectivity index (χ4v) is 1.47. The second-order valence-corrected chi connectivity index (χ2v) is 3.58. The first-order chi connectivity index (χ1) is 7.81. The zero-order valence-electron chi connectivity index (χ0n) is 9.56. The highest BCUT2D eigenvalue weighted by Gasteiger charge is 2.07. The van der Waals surface area contributed by atoms with Crippen molar-refractivity contribution in [2.24, 2.45) is 0 Å². The lowest BCUT2D eigenvalue weighted by molar-refractivity contribution is 0.301. The third-order valence-electron chi connectivity index (χ3n) is 2.35. The van der Waals surface area contributed by atoms with Crippen molar-refractivity contribution >= 4 is 5.82 Å². The molecule has 1 aromatic rings. The normalized spacial score (nSPS) is 9.81. The van der Waals surface area contributed by atoms with Crippen LogP contribution in [0.4, 0.5) is 5.82 Å². The van der Waals surface area contributed by atoms with Crippen LogP contribution in [-0.2, 0) is 0 Å². The number of aromatic nitrogens is 1. The summed E-state index contributed by atoms with van der Waals surface area (Å²) in [5, 5.41) is 17.8. The van der Waals surface area contributed by atoms with Crippen LogP contribution in [0.15, 0.2) is 18.3 Å². The molecule has 0 saturated carbocycles. The molecule has 0 aliphatic heterocycles. The SMILES string of the molecule is CCCCN(CCO)c1cc(C#N)ccn1. The topological polar surface area (TPSA) is 60.1 Å². The molecule has 0 fully saturated rings. The highest BCUT2D eigenvalue weighted by Crippen LogP contribution is 2.12. The Bertz CT molecular complexity index is 360. The van der Waals surface area contributed by atoms with E-state index in [9.17, 15) is 0 Å². The molecule has 1 N–H and O–H groups in total. The molecular weight excluding hydrogens is 202 g/mol. The standard InChI is InChI=1S/C12H17N3O/c1-2-3-6-15(7-8-16)12-9-11(10-13)4-5-14-12/h4-5,9,16H,2-3,6-8H2,1H3. The van der Waals surface area contributed by atoms with Crippen molar-refractivity contribution in [1.82, 2.24) is 4.98 Å². The van der Waals surface area contributed by atoms with Crippen molar-refractivity contribution in [2.75, 3.05) is 24.6 Å². The maximum atomic E-state index is 8.99. The monoisotopic (exact) mass is 219 g/mol. The second-order valence-electron chi connectivity index (χ2n) is 3.58. The third-order valence-corrected chi connectivity index (χ3v) is 2.35. The summed E-state index contributed by atoms with van der Waals surface area (Å²) in [7, 11) is 0. The number of nitrogens with zero attached hydrogens (tertiary/aromatic N) is 3. The first-order valence-electron chi connectivity index (χ1n) is 5.53. The van der Waals surface area contributed by atoms with Crippen LogP contribution in [-0.4, -0.2) is 29.8 Å². The Morgan fingerprint density at radius 1 is 1.50 bits per heavy atom. The molecule has 0 amide bonds. The Kier molecular flexibility index (Phi) is 5.30. The first kappa shape index (κ1) is 12.5. The van der Waals surface area contributed by atoms with Crippen molar-refractivity contribution in [3.63, 3.8) is 0 Å². The molecule has 0 aromatic carbocycles. The summed E-state index contributed by atoms with van der Waals surface area (Å²) >= 11 is 0. The summed E-state index contributed by atoms with van der Waals surface area (Å²) in [5.41, 5.74) is 0.601. The van der Waals surface area contributed by atoms with Crippen molar-refractivity contribution in [1.29, 1.82) is 5.26 Å². The number of aliphatic hydroxyl groups is 1. The number of hydrogen-bond acceptors (Lipinski definition) is 4. The quantitative estimate of drug-likeness (QED) is 0.788. The molecule has 0 spiro atoms. The van der Waals surface area contributed by atoms with Crippen LogP contribution in [0, 0.1) is 11.3 Å². The predicted octanol–water partition coefficient (Wildman–Crippen LogP) is 1.55. The minimum absolute atomic E-state index is 0.0994. The third kappa shape index (κ3) is 3.52. The van der Waals surface area contributed by atoms with Gasteiger partial charge in [-0.05, 0) is 18.6 Å². The zero-order chi connectivity index (χ0) is 11.8. The Labute approximate surface area is 96.2 Å². The molecule has 86 valence electrons. The first-order valence-corrected chi connectivity index (χ1v) is 5.53. The Morgan fingerprint density at radius 3 is 2.94 bits per heavy atom. The van der Waals surface area contributed by atoms with Gasteiger partial charge in [-0.3, -0.25) is 0 Å². The van der Waals surface area contributed by atoms with E-state index in [1.807, 2.05) is 4.90 Å². The molecule has 1 heterocycles. The van der Waals surface area contributed by atoms with Crippen LogP contribution in [0.3, 0.4) is 0 Å². The van der Waals surface area contributed by atoms with E-state index in [1.54, 1.807) is 18.3 Å². The lowest BCUT2D eigenvalue weighted by Gasteiger charge is -2.22. The average Bonchev–Trinajstić information content (AvgIpc) is 2.34. The Hall–Kier alpha value is -1.60. The largest absolute Gasteiger partial charge is 0.395 e. The number of pyridine rings is 1. The number of nitriles is 1. The van der Waals surface area contributed by atoms with Crippen molar-refractivity contribution < 1.29 is 5.11 Å². The van der Waals surface area contributed by atoms with Crippen LogP contribution in [0.5, 0.6) is 0 Å². The summed E-state index contributed by atoms with van der Waals surface area (Å²) in [6.07, 6.45) is 3.78. The fourth-order valence-electron chi connectivity index (χ4n) is 1.47. The van der Waals surface area contributed by atoms with Gasteiger partial charge in [-0.25, -0.2) is 4.98 Å². The lowest BCUT2D eigenvalue weighted by Crippen LogP contribution is -2.28. The minimum Gasteiger partial charge on any atom is -0.395 e. The van der Waals surface area contributed by atoms with E-state index < -0.39 is 0 Å².